The molecule has 0 aromatic heterocycles. The SMILES string of the molecule is O=C(NCC(=O)N1CCSCC1)c1ccc(C(F)(F)F)cc1. The molecule has 0 radical (unpaired) electrons. The van der Waals surface area contributed by atoms with E-state index in [0.29, 0.717) is 13.1 Å². The number of amides is 2. The molecule has 1 heterocycles. The first-order chi connectivity index (χ1) is 10.4. The van der Waals surface area contributed by atoms with Crippen LogP contribution in [-0.2, 0) is 11.0 Å². The van der Waals surface area contributed by atoms with Crippen LogP contribution in [-0.4, -0.2) is 47.9 Å². The van der Waals surface area contributed by atoms with Crippen molar-refractivity contribution in [2.75, 3.05) is 31.1 Å². The topological polar surface area (TPSA) is 49.4 Å². The Morgan fingerprint density at radius 3 is 2.27 bits per heavy atom. The van der Waals surface area contributed by atoms with Crippen molar-refractivity contribution in [2.45, 2.75) is 6.18 Å². The normalized spacial score (nSPS) is 15.5. The third-order valence-corrected chi connectivity index (χ3v) is 4.18. The van der Waals surface area contributed by atoms with Crippen molar-refractivity contribution in [3.63, 3.8) is 0 Å². The minimum Gasteiger partial charge on any atom is -0.343 e. The zero-order chi connectivity index (χ0) is 16.2. The van der Waals surface area contributed by atoms with Gasteiger partial charge in [0.05, 0.1) is 12.1 Å². The minimum atomic E-state index is -4.43. The van der Waals surface area contributed by atoms with Crippen LogP contribution in [0.2, 0.25) is 0 Å². The summed E-state index contributed by atoms with van der Waals surface area (Å²) in [6, 6.07) is 3.89. The molecular formula is C14H15F3N2O2S. The molecule has 2 amide bonds. The van der Waals surface area contributed by atoms with Gasteiger partial charge in [-0.25, -0.2) is 0 Å². The Kier molecular flexibility index (Phi) is 5.33. The quantitative estimate of drug-likeness (QED) is 0.921. The summed E-state index contributed by atoms with van der Waals surface area (Å²) in [5.41, 5.74) is -0.721. The Morgan fingerprint density at radius 1 is 1.14 bits per heavy atom. The Balaban J connectivity index is 1.88. The maximum Gasteiger partial charge on any atom is 0.416 e. The predicted octanol–water partition coefficient (Wildman–Crippen LogP) is 2.01. The zero-order valence-electron chi connectivity index (χ0n) is 11.7. The molecule has 1 fully saturated rings. The van der Waals surface area contributed by atoms with E-state index in [0.717, 1.165) is 35.8 Å². The lowest BCUT2D eigenvalue weighted by Gasteiger charge is -2.26. The van der Waals surface area contributed by atoms with Crippen molar-refractivity contribution in [3.8, 4) is 0 Å². The van der Waals surface area contributed by atoms with E-state index in [9.17, 15) is 22.8 Å². The second-order valence-electron chi connectivity index (χ2n) is 4.75. The standard InChI is InChI=1S/C14H15F3N2O2S/c15-14(16,17)11-3-1-10(2-4-11)13(21)18-9-12(20)19-5-7-22-8-6-19/h1-4H,5-9H2,(H,18,21). The van der Waals surface area contributed by atoms with Crippen molar-refractivity contribution < 1.29 is 22.8 Å². The molecule has 0 unspecified atom stereocenters. The van der Waals surface area contributed by atoms with Crippen LogP contribution < -0.4 is 5.32 Å². The van der Waals surface area contributed by atoms with Gasteiger partial charge in [-0.05, 0) is 24.3 Å². The monoisotopic (exact) mass is 332 g/mol. The number of halogens is 3. The van der Waals surface area contributed by atoms with Gasteiger partial charge in [0.2, 0.25) is 5.91 Å². The van der Waals surface area contributed by atoms with Gasteiger partial charge in [0.1, 0.15) is 0 Å². The number of carbonyl (C=O) groups excluding carboxylic acids is 2. The molecule has 22 heavy (non-hydrogen) atoms. The molecule has 0 spiro atoms. The highest BCUT2D eigenvalue weighted by atomic mass is 32.2. The van der Waals surface area contributed by atoms with Gasteiger partial charge in [-0.1, -0.05) is 0 Å². The summed E-state index contributed by atoms with van der Waals surface area (Å²) < 4.78 is 37.3. The lowest BCUT2D eigenvalue weighted by Crippen LogP contribution is -2.43. The number of nitrogens with one attached hydrogen (secondary N) is 1. The molecule has 120 valence electrons. The van der Waals surface area contributed by atoms with Gasteiger partial charge in [0, 0.05) is 30.2 Å². The van der Waals surface area contributed by atoms with Crippen LogP contribution in [0.15, 0.2) is 24.3 Å². The summed E-state index contributed by atoms with van der Waals surface area (Å²) in [7, 11) is 0. The summed E-state index contributed by atoms with van der Waals surface area (Å²) in [6.45, 7) is 1.16. The van der Waals surface area contributed by atoms with Crippen molar-refractivity contribution >= 4 is 23.6 Å². The lowest BCUT2D eigenvalue weighted by atomic mass is 10.1. The third kappa shape index (κ3) is 4.40. The van der Waals surface area contributed by atoms with Gasteiger partial charge in [-0.2, -0.15) is 24.9 Å². The molecular weight excluding hydrogens is 317 g/mol. The maximum absolute atomic E-state index is 12.4. The summed E-state index contributed by atoms with van der Waals surface area (Å²) in [4.78, 5) is 25.4. The highest BCUT2D eigenvalue weighted by Gasteiger charge is 2.30. The van der Waals surface area contributed by atoms with Crippen LogP contribution in [0.4, 0.5) is 13.2 Å². The van der Waals surface area contributed by atoms with Crippen LogP contribution in [0, 0.1) is 0 Å². The van der Waals surface area contributed by atoms with Crippen LogP contribution in [0.3, 0.4) is 0 Å². The first-order valence-electron chi connectivity index (χ1n) is 6.69. The second-order valence-corrected chi connectivity index (χ2v) is 5.98. The van der Waals surface area contributed by atoms with Gasteiger partial charge in [0.15, 0.2) is 0 Å². The average molecular weight is 332 g/mol. The molecule has 0 bridgehead atoms. The molecule has 1 N–H and O–H groups in total. The van der Waals surface area contributed by atoms with E-state index >= 15 is 0 Å². The predicted molar refractivity (Wildman–Crippen MR) is 77.7 cm³/mol. The number of rotatable bonds is 3. The number of hydrogen-bond acceptors (Lipinski definition) is 3. The molecule has 1 aliphatic heterocycles. The number of carbonyl (C=O) groups is 2. The maximum atomic E-state index is 12.4. The molecule has 8 heteroatoms. The average Bonchev–Trinajstić information content (AvgIpc) is 2.52. The Morgan fingerprint density at radius 2 is 1.73 bits per heavy atom. The Labute approximate surface area is 130 Å². The van der Waals surface area contributed by atoms with Crippen LogP contribution in [0.5, 0.6) is 0 Å². The van der Waals surface area contributed by atoms with Gasteiger partial charge in [-0.3, -0.25) is 9.59 Å². The first-order valence-corrected chi connectivity index (χ1v) is 7.84. The van der Waals surface area contributed by atoms with E-state index in [4.69, 9.17) is 0 Å². The van der Waals surface area contributed by atoms with E-state index < -0.39 is 17.6 Å². The van der Waals surface area contributed by atoms with Crippen molar-refractivity contribution in [1.29, 1.82) is 0 Å². The van der Waals surface area contributed by atoms with Crippen LogP contribution in [0.25, 0.3) is 0 Å². The van der Waals surface area contributed by atoms with E-state index in [1.807, 2.05) is 0 Å². The van der Waals surface area contributed by atoms with Gasteiger partial charge in [0.25, 0.3) is 5.91 Å². The molecule has 0 atom stereocenters. The van der Waals surface area contributed by atoms with E-state index in [2.05, 4.69) is 5.32 Å². The van der Waals surface area contributed by atoms with Gasteiger partial charge < -0.3 is 10.2 Å². The number of hydrogen-bond donors (Lipinski definition) is 1. The third-order valence-electron chi connectivity index (χ3n) is 3.24. The van der Waals surface area contributed by atoms with Crippen molar-refractivity contribution in [2.24, 2.45) is 0 Å². The fourth-order valence-electron chi connectivity index (χ4n) is 1.99. The Hall–Kier alpha value is -1.70. The summed E-state index contributed by atoms with van der Waals surface area (Å²) in [6.07, 6.45) is -4.43. The number of benzene rings is 1. The van der Waals surface area contributed by atoms with Crippen molar-refractivity contribution in [3.05, 3.63) is 35.4 Å². The van der Waals surface area contributed by atoms with Crippen LogP contribution in [0.1, 0.15) is 15.9 Å². The second kappa shape index (κ2) is 7.04. The highest BCUT2D eigenvalue weighted by molar-refractivity contribution is 7.99. The van der Waals surface area contributed by atoms with E-state index in [1.165, 1.54) is 0 Å². The fourth-order valence-corrected chi connectivity index (χ4v) is 2.90. The molecule has 2 rings (SSSR count). The van der Waals surface area contributed by atoms with Crippen molar-refractivity contribution in [1.82, 2.24) is 10.2 Å². The van der Waals surface area contributed by atoms with Crippen LogP contribution >= 0.6 is 11.8 Å². The van der Waals surface area contributed by atoms with E-state index in [-0.39, 0.29) is 18.0 Å². The number of nitrogens with zero attached hydrogens (tertiary/aromatic N) is 1. The van der Waals surface area contributed by atoms with E-state index in [1.54, 1.807) is 16.7 Å². The fraction of sp³-hybridized carbons (Fsp3) is 0.429. The first kappa shape index (κ1) is 16.7. The minimum absolute atomic E-state index is 0.0926. The summed E-state index contributed by atoms with van der Waals surface area (Å²) in [5, 5.41) is 2.44. The molecule has 1 aromatic rings. The Bertz CT molecular complexity index is 540. The molecule has 1 aliphatic rings. The molecule has 0 aliphatic carbocycles. The number of thioether (sulfide) groups is 1. The largest absolute Gasteiger partial charge is 0.416 e. The molecule has 0 saturated carbocycles. The zero-order valence-corrected chi connectivity index (χ0v) is 12.5. The summed E-state index contributed by atoms with van der Waals surface area (Å²) in [5.74, 6) is 1.01. The molecule has 1 aromatic carbocycles. The highest BCUT2D eigenvalue weighted by Crippen LogP contribution is 2.29. The summed E-state index contributed by atoms with van der Waals surface area (Å²) >= 11 is 1.77. The number of alkyl halides is 3. The van der Waals surface area contributed by atoms with Gasteiger partial charge in [-0.15, -0.1) is 0 Å². The lowest BCUT2D eigenvalue weighted by molar-refractivity contribution is -0.137. The van der Waals surface area contributed by atoms with Gasteiger partial charge >= 0.3 is 6.18 Å². The molecule has 1 saturated heterocycles. The smallest absolute Gasteiger partial charge is 0.343 e. The molecule has 4 nitrogen and oxygen atoms in total.